The highest BCUT2D eigenvalue weighted by molar-refractivity contribution is 7.81. The number of benzene rings is 3. The molecule has 0 bridgehead atoms. The van der Waals surface area contributed by atoms with E-state index in [1.807, 2.05) is 6.07 Å². The third kappa shape index (κ3) is 3.59. The van der Waals surface area contributed by atoms with Gasteiger partial charge in [0.2, 0.25) is 11.0 Å². The average molecular weight is 475 g/mol. The van der Waals surface area contributed by atoms with Crippen molar-refractivity contribution < 1.29 is 9.59 Å². The van der Waals surface area contributed by atoms with Gasteiger partial charge in [0, 0.05) is 10.6 Å². The van der Waals surface area contributed by atoms with Gasteiger partial charge >= 0.3 is 0 Å². The summed E-state index contributed by atoms with van der Waals surface area (Å²) >= 11 is 11.6. The molecule has 0 radical (unpaired) electrons. The maximum Gasteiger partial charge on any atom is 0.281 e. The Labute approximate surface area is 198 Å². The van der Waals surface area contributed by atoms with Gasteiger partial charge < -0.3 is 0 Å². The first-order valence-corrected chi connectivity index (χ1v) is 10.8. The standard InChI is InChI=1S/C24H15ClN4O3S/c25-16-10-12-17(13-11-16)27-20(30)14-21(31)28(24(27)33)29-22(15-6-2-1-3-7-15)26-19-9-5-4-8-18(19)23(29)32/h1-13H,14H2. The second kappa shape index (κ2) is 8.23. The van der Waals surface area contributed by atoms with Crippen LogP contribution in [0.5, 0.6) is 0 Å². The topological polar surface area (TPSA) is 75.5 Å². The van der Waals surface area contributed by atoms with Crippen LogP contribution in [0.15, 0.2) is 83.7 Å². The summed E-state index contributed by atoms with van der Waals surface area (Å²) in [4.78, 5) is 45.4. The van der Waals surface area contributed by atoms with Crippen LogP contribution in [0.4, 0.5) is 5.69 Å². The molecule has 0 aliphatic carbocycles. The zero-order valence-corrected chi connectivity index (χ0v) is 18.6. The van der Waals surface area contributed by atoms with Gasteiger partial charge in [-0.05, 0) is 48.6 Å². The average Bonchev–Trinajstić information content (AvgIpc) is 2.82. The normalized spacial score (nSPS) is 14.3. The lowest BCUT2D eigenvalue weighted by molar-refractivity contribution is -0.127. The summed E-state index contributed by atoms with van der Waals surface area (Å²) in [5.41, 5.74) is 1.07. The maximum atomic E-state index is 13.6. The summed E-state index contributed by atoms with van der Waals surface area (Å²) in [5, 5.41) is 1.72. The van der Waals surface area contributed by atoms with Crippen LogP contribution in [0.2, 0.25) is 5.02 Å². The molecular formula is C24H15ClN4O3S. The van der Waals surface area contributed by atoms with Gasteiger partial charge in [0.25, 0.3) is 11.5 Å². The number of aromatic nitrogens is 2. The highest BCUT2D eigenvalue weighted by Gasteiger charge is 2.39. The number of hydrogen-bond donors (Lipinski definition) is 0. The van der Waals surface area contributed by atoms with E-state index in [9.17, 15) is 14.4 Å². The third-order valence-corrected chi connectivity index (χ3v) is 5.84. The quantitative estimate of drug-likeness (QED) is 0.332. The number of anilines is 1. The molecule has 1 fully saturated rings. The van der Waals surface area contributed by atoms with Crippen molar-refractivity contribution in [1.29, 1.82) is 0 Å². The van der Waals surface area contributed by atoms with Crippen LogP contribution in [0.1, 0.15) is 6.42 Å². The van der Waals surface area contributed by atoms with Crippen molar-refractivity contribution in [3.63, 3.8) is 0 Å². The summed E-state index contributed by atoms with van der Waals surface area (Å²) in [7, 11) is 0. The number of para-hydroxylation sites is 1. The molecular weight excluding hydrogens is 460 g/mol. The van der Waals surface area contributed by atoms with Crippen LogP contribution in [-0.4, -0.2) is 26.6 Å². The molecule has 1 saturated heterocycles. The number of carbonyl (C=O) groups is 2. The van der Waals surface area contributed by atoms with Gasteiger partial charge in [0.05, 0.1) is 16.6 Å². The predicted octanol–water partition coefficient (Wildman–Crippen LogP) is 3.90. The number of carbonyl (C=O) groups excluding carboxylic acids is 2. The lowest BCUT2D eigenvalue weighted by Crippen LogP contribution is -2.62. The minimum absolute atomic E-state index is 0.144. The Kier molecular flexibility index (Phi) is 5.24. The molecule has 0 spiro atoms. The summed E-state index contributed by atoms with van der Waals surface area (Å²) < 4.78 is 1.15. The Morgan fingerprint density at radius 3 is 2.21 bits per heavy atom. The molecule has 1 aromatic heterocycles. The van der Waals surface area contributed by atoms with Crippen LogP contribution >= 0.6 is 23.8 Å². The molecule has 2 heterocycles. The number of rotatable bonds is 3. The van der Waals surface area contributed by atoms with E-state index in [4.69, 9.17) is 23.8 Å². The molecule has 0 atom stereocenters. The Bertz CT molecular complexity index is 1490. The molecule has 3 aromatic carbocycles. The van der Waals surface area contributed by atoms with Gasteiger partial charge in [-0.3, -0.25) is 19.3 Å². The Hall–Kier alpha value is -3.88. The van der Waals surface area contributed by atoms with E-state index in [2.05, 4.69) is 4.98 Å². The molecule has 9 heteroatoms. The first kappa shape index (κ1) is 21.0. The number of nitrogens with zero attached hydrogens (tertiary/aromatic N) is 4. The molecule has 5 rings (SSSR count). The molecule has 7 nitrogen and oxygen atoms in total. The number of amides is 2. The van der Waals surface area contributed by atoms with Crippen LogP contribution in [0, 0.1) is 0 Å². The number of hydrogen-bond acceptors (Lipinski definition) is 5. The minimum atomic E-state index is -0.619. The monoisotopic (exact) mass is 474 g/mol. The fourth-order valence-electron chi connectivity index (χ4n) is 3.72. The van der Waals surface area contributed by atoms with Crippen molar-refractivity contribution >= 4 is 57.3 Å². The van der Waals surface area contributed by atoms with Crippen molar-refractivity contribution in [1.82, 2.24) is 9.66 Å². The summed E-state index contributed by atoms with van der Waals surface area (Å²) in [6, 6.07) is 22.4. The maximum absolute atomic E-state index is 13.6. The molecule has 0 N–H and O–H groups in total. The zero-order chi connectivity index (χ0) is 23.1. The van der Waals surface area contributed by atoms with Gasteiger partial charge in [0.1, 0.15) is 6.42 Å². The summed E-state index contributed by atoms with van der Waals surface area (Å²) in [6.07, 6.45) is -0.462. The number of thiocarbonyl (C=S) groups is 1. The van der Waals surface area contributed by atoms with Crippen molar-refractivity contribution in [2.45, 2.75) is 6.42 Å². The lowest BCUT2D eigenvalue weighted by Gasteiger charge is -2.36. The van der Waals surface area contributed by atoms with Crippen molar-refractivity contribution in [3.05, 3.63) is 94.2 Å². The fourth-order valence-corrected chi connectivity index (χ4v) is 4.23. The molecule has 1 aliphatic heterocycles. The second-order valence-corrected chi connectivity index (χ2v) is 8.11. The van der Waals surface area contributed by atoms with Gasteiger partial charge in [-0.1, -0.05) is 54.1 Å². The summed E-state index contributed by atoms with van der Waals surface area (Å²) in [6.45, 7) is 0. The van der Waals surface area contributed by atoms with E-state index in [0.29, 0.717) is 27.2 Å². The smallest absolute Gasteiger partial charge is 0.273 e. The van der Waals surface area contributed by atoms with E-state index in [0.717, 1.165) is 9.69 Å². The van der Waals surface area contributed by atoms with Gasteiger partial charge in [-0.25, -0.2) is 4.98 Å². The SMILES string of the molecule is O=C1CC(=O)N(n2c(-c3ccccc3)nc3ccccc3c2=O)C(=S)N1c1ccc(Cl)cc1. The van der Waals surface area contributed by atoms with E-state index >= 15 is 0 Å². The Morgan fingerprint density at radius 1 is 0.818 bits per heavy atom. The van der Waals surface area contributed by atoms with E-state index < -0.39 is 23.8 Å². The number of halogens is 1. The van der Waals surface area contributed by atoms with E-state index in [1.165, 1.54) is 4.90 Å². The van der Waals surface area contributed by atoms with E-state index in [-0.39, 0.29) is 10.9 Å². The molecule has 1 aliphatic rings. The van der Waals surface area contributed by atoms with Crippen molar-refractivity contribution in [3.8, 4) is 11.4 Å². The molecule has 0 unspecified atom stereocenters. The molecule has 0 saturated carbocycles. The number of fused-ring (bicyclic) bond motifs is 1. The highest BCUT2D eigenvalue weighted by atomic mass is 35.5. The zero-order valence-electron chi connectivity index (χ0n) is 17.0. The molecule has 162 valence electrons. The van der Waals surface area contributed by atoms with Crippen LogP contribution in [0.25, 0.3) is 22.3 Å². The Balaban J connectivity index is 1.75. The molecule has 33 heavy (non-hydrogen) atoms. The van der Waals surface area contributed by atoms with Crippen LogP contribution in [-0.2, 0) is 9.59 Å². The fraction of sp³-hybridized carbons (Fsp3) is 0.0417. The van der Waals surface area contributed by atoms with Gasteiger partial charge in [-0.15, -0.1) is 0 Å². The third-order valence-electron chi connectivity index (χ3n) is 5.23. The molecule has 4 aromatic rings. The van der Waals surface area contributed by atoms with Gasteiger partial charge in [-0.2, -0.15) is 9.69 Å². The molecule has 2 amide bonds. The lowest BCUT2D eigenvalue weighted by atomic mass is 10.2. The first-order valence-electron chi connectivity index (χ1n) is 9.98. The van der Waals surface area contributed by atoms with E-state index in [1.54, 1.807) is 72.8 Å². The summed E-state index contributed by atoms with van der Waals surface area (Å²) in [5.74, 6) is -0.876. The highest BCUT2D eigenvalue weighted by Crippen LogP contribution is 2.26. The largest absolute Gasteiger partial charge is 0.281 e. The van der Waals surface area contributed by atoms with Crippen LogP contribution in [0.3, 0.4) is 0 Å². The van der Waals surface area contributed by atoms with Crippen LogP contribution < -0.4 is 15.5 Å². The van der Waals surface area contributed by atoms with Crippen molar-refractivity contribution in [2.75, 3.05) is 9.91 Å². The first-order chi connectivity index (χ1) is 16.0. The minimum Gasteiger partial charge on any atom is -0.273 e. The van der Waals surface area contributed by atoms with Crippen molar-refractivity contribution in [2.24, 2.45) is 0 Å². The Morgan fingerprint density at radius 2 is 1.48 bits per heavy atom. The predicted molar refractivity (Wildman–Crippen MR) is 131 cm³/mol. The van der Waals surface area contributed by atoms with Gasteiger partial charge in [0.15, 0.2) is 5.82 Å². The second-order valence-electron chi connectivity index (χ2n) is 7.31.